The summed E-state index contributed by atoms with van der Waals surface area (Å²) in [7, 11) is 1.55. The maximum atomic E-state index is 11.8. The van der Waals surface area contributed by atoms with Crippen LogP contribution >= 0.6 is 11.6 Å². The third kappa shape index (κ3) is 4.14. The fourth-order valence-corrected chi connectivity index (χ4v) is 1.96. The number of benzene rings is 2. The third-order valence-electron chi connectivity index (χ3n) is 2.77. The quantitative estimate of drug-likeness (QED) is 0.919. The summed E-state index contributed by atoms with van der Waals surface area (Å²) < 4.78 is 10.4. The van der Waals surface area contributed by atoms with Crippen LogP contribution in [-0.2, 0) is 4.79 Å². The van der Waals surface area contributed by atoms with Gasteiger partial charge in [-0.3, -0.25) is 4.79 Å². The van der Waals surface area contributed by atoms with Gasteiger partial charge in [-0.05, 0) is 30.3 Å². The number of halogens is 1. The standard InChI is InChI=1S/C16H13ClN2O3/c1-21-13-4-2-3-12(8-13)19-16(20)10-22-15-6-5-11(9-18)7-14(15)17/h2-8H,10H2,1H3,(H,19,20). The van der Waals surface area contributed by atoms with Crippen LogP contribution in [0.3, 0.4) is 0 Å². The van der Waals surface area contributed by atoms with Crippen molar-refractivity contribution < 1.29 is 14.3 Å². The Hall–Kier alpha value is -2.71. The molecule has 5 nitrogen and oxygen atoms in total. The maximum absolute atomic E-state index is 11.8. The molecule has 2 rings (SSSR count). The molecule has 0 fully saturated rings. The first-order chi connectivity index (χ1) is 10.6. The molecule has 2 aromatic rings. The van der Waals surface area contributed by atoms with Gasteiger partial charge in [0.2, 0.25) is 0 Å². The van der Waals surface area contributed by atoms with Crippen molar-refractivity contribution in [3.05, 3.63) is 53.1 Å². The molecule has 0 atom stereocenters. The van der Waals surface area contributed by atoms with E-state index < -0.39 is 0 Å². The monoisotopic (exact) mass is 316 g/mol. The molecule has 0 saturated heterocycles. The highest BCUT2D eigenvalue weighted by atomic mass is 35.5. The van der Waals surface area contributed by atoms with Gasteiger partial charge in [0.25, 0.3) is 5.91 Å². The number of nitrogens with one attached hydrogen (secondary N) is 1. The highest BCUT2D eigenvalue weighted by molar-refractivity contribution is 6.32. The van der Waals surface area contributed by atoms with Crippen LogP contribution in [0.25, 0.3) is 0 Å². The van der Waals surface area contributed by atoms with E-state index >= 15 is 0 Å². The maximum Gasteiger partial charge on any atom is 0.262 e. The molecule has 0 aliphatic heterocycles. The van der Waals surface area contributed by atoms with E-state index in [1.165, 1.54) is 6.07 Å². The molecule has 0 aromatic heterocycles. The first-order valence-corrected chi connectivity index (χ1v) is 6.76. The molecular formula is C16H13ClN2O3. The molecule has 112 valence electrons. The molecule has 0 bridgehead atoms. The smallest absolute Gasteiger partial charge is 0.262 e. The van der Waals surface area contributed by atoms with Crippen molar-refractivity contribution in [1.82, 2.24) is 0 Å². The van der Waals surface area contributed by atoms with Crippen molar-refractivity contribution in [3.8, 4) is 17.6 Å². The number of rotatable bonds is 5. The van der Waals surface area contributed by atoms with Gasteiger partial charge in [-0.25, -0.2) is 0 Å². The molecule has 0 saturated carbocycles. The summed E-state index contributed by atoms with van der Waals surface area (Å²) in [5, 5.41) is 11.7. The number of carbonyl (C=O) groups excluding carboxylic acids is 1. The molecule has 0 aliphatic carbocycles. The van der Waals surface area contributed by atoms with Crippen LogP contribution in [0.1, 0.15) is 5.56 Å². The molecule has 0 spiro atoms. The summed E-state index contributed by atoms with van der Waals surface area (Å²) in [5.74, 6) is 0.670. The van der Waals surface area contributed by atoms with E-state index in [9.17, 15) is 4.79 Å². The molecular weight excluding hydrogens is 304 g/mol. The van der Waals surface area contributed by atoms with Crippen molar-refractivity contribution in [2.75, 3.05) is 19.0 Å². The Balaban J connectivity index is 1.94. The van der Waals surface area contributed by atoms with Crippen molar-refractivity contribution in [3.63, 3.8) is 0 Å². The van der Waals surface area contributed by atoms with Crippen LogP contribution < -0.4 is 14.8 Å². The number of hydrogen-bond acceptors (Lipinski definition) is 4. The lowest BCUT2D eigenvalue weighted by atomic mass is 10.2. The van der Waals surface area contributed by atoms with Gasteiger partial charge in [0.1, 0.15) is 11.5 Å². The van der Waals surface area contributed by atoms with Crippen molar-refractivity contribution in [2.24, 2.45) is 0 Å². The summed E-state index contributed by atoms with van der Waals surface area (Å²) in [5.41, 5.74) is 1.04. The second kappa shape index (κ2) is 7.34. The van der Waals surface area contributed by atoms with Crippen LogP contribution in [0.5, 0.6) is 11.5 Å². The largest absolute Gasteiger partial charge is 0.497 e. The summed E-state index contributed by atoms with van der Waals surface area (Å²) in [6, 6.07) is 13.6. The number of methoxy groups -OCH3 is 1. The van der Waals surface area contributed by atoms with Crippen molar-refractivity contribution >= 4 is 23.2 Å². The van der Waals surface area contributed by atoms with Gasteiger partial charge >= 0.3 is 0 Å². The van der Waals surface area contributed by atoms with E-state index in [2.05, 4.69) is 5.32 Å². The second-order valence-electron chi connectivity index (χ2n) is 4.33. The SMILES string of the molecule is COc1cccc(NC(=O)COc2ccc(C#N)cc2Cl)c1. The minimum absolute atomic E-state index is 0.192. The van der Waals surface area contributed by atoms with Gasteiger partial charge < -0.3 is 14.8 Å². The number of hydrogen-bond donors (Lipinski definition) is 1. The van der Waals surface area contributed by atoms with Gasteiger partial charge in [-0.1, -0.05) is 17.7 Å². The van der Waals surface area contributed by atoms with Crippen LogP contribution in [0.2, 0.25) is 5.02 Å². The Morgan fingerprint density at radius 1 is 1.32 bits per heavy atom. The normalized spacial score (nSPS) is 9.68. The highest BCUT2D eigenvalue weighted by Crippen LogP contribution is 2.25. The molecule has 0 unspecified atom stereocenters. The van der Waals surface area contributed by atoms with Gasteiger partial charge in [-0.2, -0.15) is 5.26 Å². The van der Waals surface area contributed by atoms with Crippen molar-refractivity contribution in [1.29, 1.82) is 5.26 Å². The Labute approximate surface area is 133 Å². The predicted octanol–water partition coefficient (Wildman–Crippen LogP) is 3.24. The molecule has 1 N–H and O–H groups in total. The lowest BCUT2D eigenvalue weighted by molar-refractivity contribution is -0.118. The average molecular weight is 317 g/mol. The highest BCUT2D eigenvalue weighted by Gasteiger charge is 2.07. The lowest BCUT2D eigenvalue weighted by Gasteiger charge is -2.09. The molecule has 1 amide bonds. The minimum atomic E-state index is -0.325. The Bertz CT molecular complexity index is 726. The first-order valence-electron chi connectivity index (χ1n) is 6.38. The topological polar surface area (TPSA) is 71.3 Å². The first kappa shape index (κ1) is 15.7. The van der Waals surface area contributed by atoms with Gasteiger partial charge in [-0.15, -0.1) is 0 Å². The van der Waals surface area contributed by atoms with E-state index in [1.807, 2.05) is 6.07 Å². The van der Waals surface area contributed by atoms with E-state index in [0.29, 0.717) is 22.7 Å². The fraction of sp³-hybridized carbons (Fsp3) is 0.125. The summed E-state index contributed by atoms with van der Waals surface area (Å²) >= 11 is 5.97. The van der Waals surface area contributed by atoms with E-state index in [1.54, 1.807) is 43.5 Å². The second-order valence-corrected chi connectivity index (χ2v) is 4.73. The third-order valence-corrected chi connectivity index (χ3v) is 3.07. The number of carbonyl (C=O) groups is 1. The number of nitrogens with zero attached hydrogens (tertiary/aromatic N) is 1. The zero-order valence-electron chi connectivity index (χ0n) is 11.8. The average Bonchev–Trinajstić information content (AvgIpc) is 2.53. The molecule has 6 heteroatoms. The van der Waals surface area contributed by atoms with Crippen LogP contribution in [0.4, 0.5) is 5.69 Å². The Morgan fingerprint density at radius 2 is 2.14 bits per heavy atom. The number of ether oxygens (including phenoxy) is 2. The Kier molecular flexibility index (Phi) is 5.23. The molecule has 0 aliphatic rings. The summed E-state index contributed by atoms with van der Waals surface area (Å²) in [4.78, 5) is 11.8. The zero-order valence-corrected chi connectivity index (χ0v) is 12.6. The van der Waals surface area contributed by atoms with Crippen LogP contribution in [-0.4, -0.2) is 19.6 Å². The molecule has 0 radical (unpaired) electrons. The molecule has 2 aromatic carbocycles. The van der Waals surface area contributed by atoms with Gasteiger partial charge in [0.05, 0.1) is 23.8 Å². The minimum Gasteiger partial charge on any atom is -0.497 e. The summed E-state index contributed by atoms with van der Waals surface area (Å²) in [6.07, 6.45) is 0. The molecule has 0 heterocycles. The zero-order chi connectivity index (χ0) is 15.9. The van der Waals surface area contributed by atoms with E-state index in [0.717, 1.165) is 0 Å². The Morgan fingerprint density at radius 3 is 2.82 bits per heavy atom. The predicted molar refractivity (Wildman–Crippen MR) is 83.3 cm³/mol. The van der Waals surface area contributed by atoms with Crippen molar-refractivity contribution in [2.45, 2.75) is 0 Å². The summed E-state index contributed by atoms with van der Waals surface area (Å²) in [6.45, 7) is -0.192. The van der Waals surface area contributed by atoms with Crippen LogP contribution in [0, 0.1) is 11.3 Å². The van der Waals surface area contributed by atoms with Gasteiger partial charge in [0.15, 0.2) is 6.61 Å². The number of nitriles is 1. The number of anilines is 1. The number of amides is 1. The van der Waals surface area contributed by atoms with E-state index in [-0.39, 0.29) is 17.5 Å². The lowest BCUT2D eigenvalue weighted by Crippen LogP contribution is -2.20. The molecule has 22 heavy (non-hydrogen) atoms. The van der Waals surface area contributed by atoms with Gasteiger partial charge in [0, 0.05) is 11.8 Å². The van der Waals surface area contributed by atoms with E-state index in [4.69, 9.17) is 26.3 Å². The fourth-order valence-electron chi connectivity index (χ4n) is 1.73. The van der Waals surface area contributed by atoms with Crippen LogP contribution in [0.15, 0.2) is 42.5 Å².